The van der Waals surface area contributed by atoms with E-state index in [4.69, 9.17) is 4.74 Å². The van der Waals surface area contributed by atoms with E-state index in [0.29, 0.717) is 22.6 Å². The Hall–Kier alpha value is -2.56. The van der Waals surface area contributed by atoms with Crippen LogP contribution in [0.5, 0.6) is 5.75 Å². The highest BCUT2D eigenvalue weighted by Gasteiger charge is 2.12. The molecule has 110 valence electrons. The van der Waals surface area contributed by atoms with Crippen LogP contribution in [-0.2, 0) is 6.54 Å². The summed E-state index contributed by atoms with van der Waals surface area (Å²) in [6.07, 6.45) is 0. The lowest BCUT2D eigenvalue weighted by atomic mass is 10.1. The molecule has 0 saturated carbocycles. The molecule has 1 aromatic carbocycles. The van der Waals surface area contributed by atoms with Gasteiger partial charge in [0.05, 0.1) is 19.2 Å². The molecule has 5 heteroatoms. The van der Waals surface area contributed by atoms with Crippen molar-refractivity contribution in [1.82, 2.24) is 10.3 Å². The van der Waals surface area contributed by atoms with Gasteiger partial charge in [0.1, 0.15) is 5.75 Å². The predicted octanol–water partition coefficient (Wildman–Crippen LogP) is 1.93. The van der Waals surface area contributed by atoms with Crippen LogP contribution in [0.2, 0.25) is 0 Å². The standard InChI is InChI=1S/C16H18N2O3/c1-10-6-4-5-7-12(10)15(19)17-9-13-14(21-3)8-11(2)18-16(13)20/h4-8H,9H2,1-3H3,(H,17,19)(H,18,20). The fraction of sp³-hybridized carbons (Fsp3) is 0.250. The Bertz CT molecular complexity index is 720. The molecule has 0 fully saturated rings. The number of methoxy groups -OCH3 is 1. The number of nitrogens with one attached hydrogen (secondary N) is 2. The van der Waals surface area contributed by atoms with Gasteiger partial charge in [-0.3, -0.25) is 9.59 Å². The fourth-order valence-corrected chi connectivity index (χ4v) is 2.13. The minimum absolute atomic E-state index is 0.117. The number of carbonyl (C=O) groups excluding carboxylic acids is 1. The van der Waals surface area contributed by atoms with E-state index in [1.807, 2.05) is 19.1 Å². The number of amides is 1. The van der Waals surface area contributed by atoms with Crippen LogP contribution in [0, 0.1) is 13.8 Å². The smallest absolute Gasteiger partial charge is 0.256 e. The average Bonchev–Trinajstić information content (AvgIpc) is 2.45. The number of aromatic amines is 1. The van der Waals surface area contributed by atoms with Crippen LogP contribution in [0.25, 0.3) is 0 Å². The van der Waals surface area contributed by atoms with Gasteiger partial charge in [0, 0.05) is 11.3 Å². The van der Waals surface area contributed by atoms with Crippen molar-refractivity contribution < 1.29 is 9.53 Å². The van der Waals surface area contributed by atoms with Gasteiger partial charge in [0.2, 0.25) is 0 Å². The molecule has 1 aromatic heterocycles. The molecule has 0 aliphatic rings. The van der Waals surface area contributed by atoms with Gasteiger partial charge in [0.25, 0.3) is 11.5 Å². The second-order valence-electron chi connectivity index (χ2n) is 4.83. The number of hydrogen-bond acceptors (Lipinski definition) is 3. The number of aryl methyl sites for hydroxylation is 2. The van der Waals surface area contributed by atoms with Crippen LogP contribution in [0.1, 0.15) is 27.2 Å². The van der Waals surface area contributed by atoms with E-state index in [-0.39, 0.29) is 18.0 Å². The molecule has 0 aliphatic heterocycles. The van der Waals surface area contributed by atoms with Crippen molar-refractivity contribution in [2.24, 2.45) is 0 Å². The highest BCUT2D eigenvalue weighted by molar-refractivity contribution is 5.95. The summed E-state index contributed by atoms with van der Waals surface area (Å²) in [4.78, 5) is 26.8. The SMILES string of the molecule is COc1cc(C)[nH]c(=O)c1CNC(=O)c1ccccc1C. The van der Waals surface area contributed by atoms with Crippen LogP contribution in [0.3, 0.4) is 0 Å². The third kappa shape index (κ3) is 3.31. The molecule has 2 N–H and O–H groups in total. The number of benzene rings is 1. The number of H-pyrrole nitrogens is 1. The van der Waals surface area contributed by atoms with Crippen LogP contribution < -0.4 is 15.6 Å². The van der Waals surface area contributed by atoms with Gasteiger partial charge in [-0.25, -0.2) is 0 Å². The van der Waals surface area contributed by atoms with Crippen LogP contribution >= 0.6 is 0 Å². The molecule has 2 rings (SSSR count). The average molecular weight is 286 g/mol. The topological polar surface area (TPSA) is 71.2 Å². The van der Waals surface area contributed by atoms with E-state index in [1.54, 1.807) is 25.1 Å². The van der Waals surface area contributed by atoms with Gasteiger partial charge in [-0.05, 0) is 31.5 Å². The predicted molar refractivity (Wildman–Crippen MR) is 80.7 cm³/mol. The summed E-state index contributed by atoms with van der Waals surface area (Å²) < 4.78 is 5.20. The zero-order valence-electron chi connectivity index (χ0n) is 12.3. The summed E-state index contributed by atoms with van der Waals surface area (Å²) in [5.41, 5.74) is 2.35. The van der Waals surface area contributed by atoms with Crippen molar-refractivity contribution >= 4 is 5.91 Å². The summed E-state index contributed by atoms with van der Waals surface area (Å²) in [5, 5.41) is 2.75. The van der Waals surface area contributed by atoms with Crippen molar-refractivity contribution in [2.45, 2.75) is 20.4 Å². The lowest BCUT2D eigenvalue weighted by Gasteiger charge is -2.10. The van der Waals surface area contributed by atoms with Gasteiger partial charge < -0.3 is 15.0 Å². The second kappa shape index (κ2) is 6.26. The zero-order valence-corrected chi connectivity index (χ0v) is 12.3. The van der Waals surface area contributed by atoms with E-state index >= 15 is 0 Å². The Morgan fingerprint density at radius 3 is 2.67 bits per heavy atom. The zero-order chi connectivity index (χ0) is 15.4. The lowest BCUT2D eigenvalue weighted by Crippen LogP contribution is -2.28. The maximum atomic E-state index is 12.2. The van der Waals surface area contributed by atoms with Gasteiger partial charge in [-0.15, -0.1) is 0 Å². The second-order valence-corrected chi connectivity index (χ2v) is 4.83. The molecular formula is C16H18N2O3. The van der Waals surface area contributed by atoms with Crippen LogP contribution in [0.15, 0.2) is 35.1 Å². The Morgan fingerprint density at radius 1 is 1.29 bits per heavy atom. The molecule has 1 heterocycles. The summed E-state index contributed by atoms with van der Waals surface area (Å²) in [6, 6.07) is 9.03. The summed E-state index contributed by atoms with van der Waals surface area (Å²) in [6.45, 7) is 3.76. The highest BCUT2D eigenvalue weighted by atomic mass is 16.5. The van der Waals surface area contributed by atoms with Crippen molar-refractivity contribution in [3.8, 4) is 5.75 Å². The molecule has 2 aromatic rings. The third-order valence-corrected chi connectivity index (χ3v) is 3.27. The van der Waals surface area contributed by atoms with Gasteiger partial charge >= 0.3 is 0 Å². The van der Waals surface area contributed by atoms with Gasteiger partial charge in [-0.2, -0.15) is 0 Å². The maximum Gasteiger partial charge on any atom is 0.256 e. The molecule has 0 spiro atoms. The molecule has 0 unspecified atom stereocenters. The first kappa shape index (κ1) is 14.8. The molecule has 1 amide bonds. The third-order valence-electron chi connectivity index (χ3n) is 3.27. The highest BCUT2D eigenvalue weighted by Crippen LogP contribution is 2.15. The normalized spacial score (nSPS) is 10.2. The minimum atomic E-state index is -0.253. The first-order valence-electron chi connectivity index (χ1n) is 6.63. The number of carbonyl (C=O) groups is 1. The Morgan fingerprint density at radius 2 is 2.00 bits per heavy atom. The fourth-order valence-electron chi connectivity index (χ4n) is 2.13. The maximum absolute atomic E-state index is 12.2. The summed E-state index contributed by atoms with van der Waals surface area (Å²) in [5.74, 6) is 0.261. The van der Waals surface area contributed by atoms with Crippen molar-refractivity contribution in [1.29, 1.82) is 0 Å². The monoisotopic (exact) mass is 286 g/mol. The van der Waals surface area contributed by atoms with Crippen molar-refractivity contribution in [3.63, 3.8) is 0 Å². The number of hydrogen-bond donors (Lipinski definition) is 2. The number of ether oxygens (including phenoxy) is 1. The van der Waals surface area contributed by atoms with E-state index in [1.165, 1.54) is 7.11 Å². The summed E-state index contributed by atoms with van der Waals surface area (Å²) >= 11 is 0. The molecule has 21 heavy (non-hydrogen) atoms. The molecule has 0 bridgehead atoms. The Balaban J connectivity index is 2.19. The first-order valence-corrected chi connectivity index (χ1v) is 6.63. The van der Waals surface area contributed by atoms with E-state index < -0.39 is 0 Å². The van der Waals surface area contributed by atoms with Crippen LogP contribution in [0.4, 0.5) is 0 Å². The Kier molecular flexibility index (Phi) is 4.42. The molecule has 5 nitrogen and oxygen atoms in total. The van der Waals surface area contributed by atoms with Crippen LogP contribution in [-0.4, -0.2) is 18.0 Å². The quantitative estimate of drug-likeness (QED) is 0.902. The van der Waals surface area contributed by atoms with Gasteiger partial charge in [0.15, 0.2) is 0 Å². The number of rotatable bonds is 4. The Labute approximate surface area is 123 Å². The molecule has 0 aliphatic carbocycles. The van der Waals surface area contributed by atoms with Gasteiger partial charge in [-0.1, -0.05) is 18.2 Å². The van der Waals surface area contributed by atoms with E-state index in [9.17, 15) is 9.59 Å². The lowest BCUT2D eigenvalue weighted by molar-refractivity contribution is 0.0950. The van der Waals surface area contributed by atoms with E-state index in [2.05, 4.69) is 10.3 Å². The number of pyridine rings is 1. The molecule has 0 atom stereocenters. The molecular weight excluding hydrogens is 268 g/mol. The number of aromatic nitrogens is 1. The molecule has 0 radical (unpaired) electrons. The van der Waals surface area contributed by atoms with Crippen molar-refractivity contribution in [3.05, 3.63) is 63.1 Å². The minimum Gasteiger partial charge on any atom is -0.496 e. The molecule has 0 saturated heterocycles. The summed E-state index contributed by atoms with van der Waals surface area (Å²) in [7, 11) is 1.50. The van der Waals surface area contributed by atoms with Crippen molar-refractivity contribution in [2.75, 3.05) is 7.11 Å². The first-order chi connectivity index (χ1) is 10.0. The van der Waals surface area contributed by atoms with E-state index in [0.717, 1.165) is 5.56 Å². The largest absolute Gasteiger partial charge is 0.496 e.